The highest BCUT2D eigenvalue weighted by Gasteiger charge is 2.17. The Morgan fingerprint density at radius 3 is 2.71 bits per heavy atom. The second-order valence-corrected chi connectivity index (χ2v) is 5.03. The van der Waals surface area contributed by atoms with Crippen molar-refractivity contribution < 1.29 is 18.4 Å². The average Bonchev–Trinajstić information content (AvgIpc) is 2.54. The van der Waals surface area contributed by atoms with Crippen molar-refractivity contribution >= 4 is 11.4 Å². The number of nitro groups is 1. The lowest BCUT2D eigenvalue weighted by Gasteiger charge is -2.16. The number of hydrogen-bond acceptors (Lipinski definition) is 5. The number of benzene rings is 2. The second-order valence-electron chi connectivity index (χ2n) is 5.03. The fraction of sp³-hybridized carbons (Fsp3) is 0.188. The molecule has 0 aliphatic heterocycles. The molecule has 124 valence electrons. The Labute approximate surface area is 136 Å². The zero-order valence-electron chi connectivity index (χ0n) is 12.6. The van der Waals surface area contributed by atoms with Crippen molar-refractivity contribution in [2.45, 2.75) is 13.0 Å². The van der Waals surface area contributed by atoms with Crippen LogP contribution < -0.4 is 10.1 Å². The molecule has 2 aromatic carbocycles. The fourth-order valence-electron chi connectivity index (χ4n) is 1.99. The Kier molecular flexibility index (Phi) is 5.27. The van der Waals surface area contributed by atoms with Gasteiger partial charge >= 0.3 is 0 Å². The van der Waals surface area contributed by atoms with E-state index < -0.39 is 22.6 Å². The molecule has 6 nitrogen and oxygen atoms in total. The number of nitriles is 1. The van der Waals surface area contributed by atoms with Crippen molar-refractivity contribution in [2.24, 2.45) is 0 Å². The molecule has 0 spiro atoms. The van der Waals surface area contributed by atoms with Crippen molar-refractivity contribution in [3.05, 3.63) is 63.7 Å². The van der Waals surface area contributed by atoms with E-state index in [1.165, 1.54) is 18.2 Å². The van der Waals surface area contributed by atoms with Crippen LogP contribution in [0.1, 0.15) is 12.5 Å². The molecule has 1 atom stereocenters. The zero-order valence-corrected chi connectivity index (χ0v) is 12.6. The molecule has 0 saturated carbocycles. The van der Waals surface area contributed by atoms with Crippen LogP contribution in [0.4, 0.5) is 20.2 Å². The van der Waals surface area contributed by atoms with Crippen LogP contribution in [0.5, 0.6) is 5.75 Å². The van der Waals surface area contributed by atoms with Gasteiger partial charge in [0.15, 0.2) is 11.6 Å². The van der Waals surface area contributed by atoms with Crippen LogP contribution in [0, 0.1) is 33.1 Å². The third kappa shape index (κ3) is 4.16. The smallest absolute Gasteiger partial charge is 0.293 e. The summed E-state index contributed by atoms with van der Waals surface area (Å²) in [5, 5.41) is 22.7. The molecular formula is C16H13F2N3O3. The van der Waals surface area contributed by atoms with E-state index in [0.717, 1.165) is 12.1 Å². The lowest BCUT2D eigenvalue weighted by atomic mass is 10.1. The molecule has 0 amide bonds. The summed E-state index contributed by atoms with van der Waals surface area (Å²) in [5.74, 6) is -1.65. The van der Waals surface area contributed by atoms with Gasteiger partial charge in [-0.3, -0.25) is 10.1 Å². The van der Waals surface area contributed by atoms with Gasteiger partial charge in [-0.1, -0.05) is 0 Å². The van der Waals surface area contributed by atoms with Crippen LogP contribution in [0.3, 0.4) is 0 Å². The molecule has 24 heavy (non-hydrogen) atoms. The van der Waals surface area contributed by atoms with Gasteiger partial charge in [0.1, 0.15) is 18.1 Å². The summed E-state index contributed by atoms with van der Waals surface area (Å²) in [4.78, 5) is 10.5. The van der Waals surface area contributed by atoms with Crippen molar-refractivity contribution in [2.75, 3.05) is 11.9 Å². The van der Waals surface area contributed by atoms with Crippen LogP contribution in [0.25, 0.3) is 0 Å². The Balaban J connectivity index is 2.06. The molecule has 0 saturated heterocycles. The molecule has 0 aliphatic carbocycles. The van der Waals surface area contributed by atoms with Gasteiger partial charge in [0.25, 0.3) is 5.69 Å². The summed E-state index contributed by atoms with van der Waals surface area (Å²) in [5.41, 5.74) is 0.146. The van der Waals surface area contributed by atoms with Crippen molar-refractivity contribution in [1.82, 2.24) is 0 Å². The van der Waals surface area contributed by atoms with Gasteiger partial charge in [-0.25, -0.2) is 8.78 Å². The number of ether oxygens (including phenoxy) is 1. The number of nitro benzene ring substituents is 1. The lowest BCUT2D eigenvalue weighted by Crippen LogP contribution is -2.24. The molecule has 2 rings (SSSR count). The van der Waals surface area contributed by atoms with E-state index >= 15 is 0 Å². The van der Waals surface area contributed by atoms with Gasteiger partial charge in [-0.15, -0.1) is 0 Å². The van der Waals surface area contributed by atoms with E-state index in [4.69, 9.17) is 10.00 Å². The molecule has 8 heteroatoms. The van der Waals surface area contributed by atoms with E-state index in [9.17, 15) is 18.9 Å². The molecule has 2 aromatic rings. The van der Waals surface area contributed by atoms with Crippen LogP contribution in [0.15, 0.2) is 36.4 Å². The highest BCUT2D eigenvalue weighted by molar-refractivity contribution is 5.64. The number of rotatable bonds is 6. The predicted octanol–water partition coefficient (Wildman–Crippen LogP) is 3.62. The minimum Gasteiger partial charge on any atom is -0.488 e. The largest absolute Gasteiger partial charge is 0.488 e. The first-order chi connectivity index (χ1) is 11.4. The Hall–Kier alpha value is -3.21. The maximum absolute atomic E-state index is 13.5. The molecule has 0 fully saturated rings. The average molecular weight is 333 g/mol. The number of halogens is 2. The topological polar surface area (TPSA) is 88.2 Å². The maximum atomic E-state index is 13.5. The lowest BCUT2D eigenvalue weighted by molar-refractivity contribution is -0.384. The number of hydrogen-bond donors (Lipinski definition) is 1. The third-order valence-corrected chi connectivity index (χ3v) is 3.11. The van der Waals surface area contributed by atoms with Gasteiger partial charge in [0.05, 0.1) is 22.6 Å². The molecule has 0 bridgehead atoms. The molecule has 1 unspecified atom stereocenters. The molecular weight excluding hydrogens is 320 g/mol. The van der Waals surface area contributed by atoms with E-state index in [-0.39, 0.29) is 29.3 Å². The summed E-state index contributed by atoms with van der Waals surface area (Å²) in [6, 6.07) is 8.41. The number of anilines is 1. The Bertz CT molecular complexity index is 806. The first-order valence-electron chi connectivity index (χ1n) is 6.93. The quantitative estimate of drug-likeness (QED) is 0.644. The zero-order chi connectivity index (χ0) is 17.7. The first kappa shape index (κ1) is 17.1. The van der Waals surface area contributed by atoms with E-state index in [0.29, 0.717) is 6.07 Å². The van der Waals surface area contributed by atoms with Crippen LogP contribution >= 0.6 is 0 Å². The molecule has 0 heterocycles. The normalized spacial score (nSPS) is 11.4. The minimum atomic E-state index is -0.827. The Morgan fingerprint density at radius 1 is 1.33 bits per heavy atom. The van der Waals surface area contributed by atoms with Crippen LogP contribution in [0.2, 0.25) is 0 Å². The highest BCUT2D eigenvalue weighted by atomic mass is 19.1. The molecule has 0 aromatic heterocycles. The van der Waals surface area contributed by atoms with E-state index in [2.05, 4.69) is 5.32 Å². The van der Waals surface area contributed by atoms with E-state index in [1.54, 1.807) is 6.92 Å². The highest BCUT2D eigenvalue weighted by Crippen LogP contribution is 2.26. The Morgan fingerprint density at radius 2 is 2.08 bits per heavy atom. The van der Waals surface area contributed by atoms with Crippen LogP contribution in [-0.4, -0.2) is 17.6 Å². The van der Waals surface area contributed by atoms with Crippen molar-refractivity contribution in [3.8, 4) is 11.8 Å². The SMILES string of the molecule is CC(COc1ccc(F)cc1F)Nc1ccc(C#N)cc1[N+](=O)[O-]. The molecule has 0 radical (unpaired) electrons. The fourth-order valence-corrected chi connectivity index (χ4v) is 1.99. The third-order valence-electron chi connectivity index (χ3n) is 3.11. The summed E-state index contributed by atoms with van der Waals surface area (Å²) >= 11 is 0. The monoisotopic (exact) mass is 333 g/mol. The number of nitrogens with one attached hydrogen (secondary N) is 1. The molecule has 1 N–H and O–H groups in total. The van der Waals surface area contributed by atoms with Gasteiger partial charge in [-0.2, -0.15) is 5.26 Å². The number of nitrogens with zero attached hydrogens (tertiary/aromatic N) is 2. The summed E-state index contributed by atoms with van der Waals surface area (Å²) in [7, 11) is 0. The maximum Gasteiger partial charge on any atom is 0.293 e. The summed E-state index contributed by atoms with van der Waals surface area (Å²) in [6.07, 6.45) is 0. The van der Waals surface area contributed by atoms with Crippen molar-refractivity contribution in [1.29, 1.82) is 5.26 Å². The second kappa shape index (κ2) is 7.37. The molecule has 0 aliphatic rings. The summed E-state index contributed by atoms with van der Waals surface area (Å²) in [6.45, 7) is 1.68. The summed E-state index contributed by atoms with van der Waals surface area (Å²) < 4.78 is 31.5. The van der Waals surface area contributed by atoms with Gasteiger partial charge in [-0.05, 0) is 31.2 Å². The van der Waals surface area contributed by atoms with Gasteiger partial charge in [0, 0.05) is 12.1 Å². The minimum absolute atomic E-state index is 0.000290. The van der Waals surface area contributed by atoms with Gasteiger partial charge < -0.3 is 10.1 Å². The standard InChI is InChI=1S/C16H13F2N3O3/c1-10(9-24-16-5-3-12(17)7-13(16)18)20-14-4-2-11(8-19)6-15(14)21(22)23/h2-7,10,20H,9H2,1H3. The van der Waals surface area contributed by atoms with Crippen LogP contribution in [-0.2, 0) is 0 Å². The van der Waals surface area contributed by atoms with E-state index in [1.807, 2.05) is 6.07 Å². The van der Waals surface area contributed by atoms with Gasteiger partial charge in [0.2, 0.25) is 0 Å². The first-order valence-corrected chi connectivity index (χ1v) is 6.93. The van der Waals surface area contributed by atoms with Crippen molar-refractivity contribution in [3.63, 3.8) is 0 Å². The predicted molar refractivity (Wildman–Crippen MR) is 82.7 cm³/mol.